The number of amidine groups is 1. The summed E-state index contributed by atoms with van der Waals surface area (Å²) in [5, 5.41) is 9.57. The van der Waals surface area contributed by atoms with Gasteiger partial charge in [0.15, 0.2) is 0 Å². The van der Waals surface area contributed by atoms with Crippen LogP contribution in [0, 0.1) is 5.41 Å². The van der Waals surface area contributed by atoms with Gasteiger partial charge in [-0.25, -0.2) is 4.98 Å². The molecule has 1 amide bonds. The van der Waals surface area contributed by atoms with E-state index >= 15 is 0 Å². The Labute approximate surface area is 139 Å². The Morgan fingerprint density at radius 1 is 1.43 bits per heavy atom. The highest BCUT2D eigenvalue weighted by molar-refractivity contribution is 9.10. The zero-order valence-electron chi connectivity index (χ0n) is 12.4. The molecule has 3 N–H and O–H groups in total. The number of hydrogen-bond acceptors (Lipinski definition) is 3. The highest BCUT2D eigenvalue weighted by Gasteiger charge is 2.50. The average Bonchev–Trinajstić information content (AvgIpc) is 2.39. The maximum atomic E-state index is 12.8. The Balaban J connectivity index is 2.85. The normalized spacial score (nSPS) is 14.0. The molecule has 9 heteroatoms. The predicted molar refractivity (Wildman–Crippen MR) is 82.8 cm³/mol. The molecule has 1 heterocycles. The monoisotopic (exact) mass is 393 g/mol. The molecule has 0 saturated heterocycles. The Morgan fingerprint density at radius 3 is 2.52 bits per heavy atom. The van der Waals surface area contributed by atoms with E-state index in [1.807, 2.05) is 0 Å². The van der Waals surface area contributed by atoms with Crippen molar-refractivity contribution in [2.75, 3.05) is 0 Å². The number of amides is 1. The van der Waals surface area contributed by atoms with Gasteiger partial charge >= 0.3 is 6.18 Å². The molecular weight excluding hydrogens is 379 g/mol. The van der Waals surface area contributed by atoms with Crippen molar-refractivity contribution in [3.05, 3.63) is 40.3 Å². The van der Waals surface area contributed by atoms with Crippen LogP contribution in [-0.4, -0.2) is 28.0 Å². The lowest BCUT2D eigenvalue weighted by atomic mass is 9.89. The van der Waals surface area contributed by atoms with Crippen LogP contribution in [0.2, 0.25) is 0 Å². The zero-order valence-corrected chi connectivity index (χ0v) is 13.9. The van der Waals surface area contributed by atoms with Crippen LogP contribution in [0.25, 0.3) is 0 Å². The van der Waals surface area contributed by atoms with E-state index in [2.05, 4.69) is 25.9 Å². The Morgan fingerprint density at radius 2 is 2.04 bits per heavy atom. The Kier molecular flexibility index (Phi) is 5.92. The van der Waals surface area contributed by atoms with Crippen molar-refractivity contribution in [3.8, 4) is 0 Å². The molecule has 0 bridgehead atoms. The number of aliphatic hydroxyl groups is 1. The second-order valence-corrected chi connectivity index (χ2v) is 6.06. The Hall–Kier alpha value is -1.90. The number of hydrogen-bond donors (Lipinski definition) is 2. The standard InChI is InChI=1S/C14H15BrF3N3O2/c1-13(2,14(16,17)18)9(22)6-11(19)21-12(23)5-8-3-4-10(15)20-7-8/h3-4,6-7,22H,5H2,1-2H3,(H2,19,21,23)/b9-6-. The molecule has 0 fully saturated rings. The summed E-state index contributed by atoms with van der Waals surface area (Å²) in [5.74, 6) is -2.19. The van der Waals surface area contributed by atoms with Gasteiger partial charge in [-0.2, -0.15) is 18.2 Å². The quantitative estimate of drug-likeness (QED) is 0.355. The fourth-order valence-electron chi connectivity index (χ4n) is 1.37. The molecule has 0 aliphatic carbocycles. The van der Waals surface area contributed by atoms with Gasteiger partial charge < -0.3 is 10.8 Å². The van der Waals surface area contributed by atoms with Crippen molar-refractivity contribution in [1.82, 2.24) is 4.98 Å². The van der Waals surface area contributed by atoms with Crippen molar-refractivity contribution in [1.29, 1.82) is 0 Å². The van der Waals surface area contributed by atoms with Crippen LogP contribution in [0.15, 0.2) is 39.8 Å². The fraction of sp³-hybridized carbons (Fsp3) is 0.357. The number of carbonyl (C=O) groups is 1. The van der Waals surface area contributed by atoms with E-state index in [-0.39, 0.29) is 6.42 Å². The molecule has 0 radical (unpaired) electrons. The van der Waals surface area contributed by atoms with E-state index in [0.717, 1.165) is 13.8 Å². The topological polar surface area (TPSA) is 88.6 Å². The largest absolute Gasteiger partial charge is 0.511 e. The van der Waals surface area contributed by atoms with Crippen LogP contribution in [0.3, 0.4) is 0 Å². The maximum Gasteiger partial charge on any atom is 0.400 e. The molecule has 23 heavy (non-hydrogen) atoms. The smallest absolute Gasteiger partial charge is 0.400 e. The first-order valence-corrected chi connectivity index (χ1v) is 7.18. The van der Waals surface area contributed by atoms with Crippen LogP contribution >= 0.6 is 15.9 Å². The summed E-state index contributed by atoms with van der Waals surface area (Å²) in [7, 11) is 0. The molecule has 0 aromatic carbocycles. The molecule has 0 spiro atoms. The number of allylic oxidation sites excluding steroid dienone is 1. The summed E-state index contributed by atoms with van der Waals surface area (Å²) in [6, 6.07) is 3.27. The highest BCUT2D eigenvalue weighted by atomic mass is 79.9. The minimum Gasteiger partial charge on any atom is -0.511 e. The number of carbonyl (C=O) groups excluding carboxylic acids is 1. The predicted octanol–water partition coefficient (Wildman–Crippen LogP) is 3.30. The minimum absolute atomic E-state index is 0.113. The SMILES string of the molecule is CC(C)(/C(O)=C/C(N)=NC(=O)Cc1ccc(Br)nc1)C(F)(F)F. The average molecular weight is 394 g/mol. The second-order valence-electron chi connectivity index (χ2n) is 5.25. The lowest BCUT2D eigenvalue weighted by molar-refractivity contribution is -0.206. The van der Waals surface area contributed by atoms with Gasteiger partial charge in [0, 0.05) is 12.3 Å². The maximum absolute atomic E-state index is 12.8. The molecule has 0 atom stereocenters. The first-order chi connectivity index (χ1) is 10.4. The van der Waals surface area contributed by atoms with Crippen LogP contribution in [0.4, 0.5) is 13.2 Å². The third-order valence-corrected chi connectivity index (χ3v) is 3.50. The molecule has 0 aliphatic heterocycles. The molecule has 1 rings (SSSR count). The van der Waals surface area contributed by atoms with Gasteiger partial charge in [0.2, 0.25) is 0 Å². The van der Waals surface area contributed by atoms with Crippen LogP contribution in [0.5, 0.6) is 0 Å². The number of alkyl halides is 3. The van der Waals surface area contributed by atoms with E-state index in [1.54, 1.807) is 12.1 Å². The Bertz CT molecular complexity index is 638. The van der Waals surface area contributed by atoms with E-state index in [9.17, 15) is 23.1 Å². The first kappa shape index (κ1) is 19.1. The number of halogens is 4. The molecule has 0 unspecified atom stereocenters. The van der Waals surface area contributed by atoms with Gasteiger partial charge in [0.05, 0.1) is 6.42 Å². The van der Waals surface area contributed by atoms with Gasteiger partial charge in [-0.05, 0) is 41.4 Å². The summed E-state index contributed by atoms with van der Waals surface area (Å²) in [4.78, 5) is 19.1. The van der Waals surface area contributed by atoms with Gasteiger partial charge in [-0.1, -0.05) is 6.07 Å². The number of pyridine rings is 1. The molecule has 126 valence electrons. The highest BCUT2D eigenvalue weighted by Crippen LogP contribution is 2.42. The van der Waals surface area contributed by atoms with Gasteiger partial charge in [0.1, 0.15) is 21.6 Å². The van der Waals surface area contributed by atoms with Crippen LogP contribution in [-0.2, 0) is 11.2 Å². The van der Waals surface area contributed by atoms with Crippen LogP contribution in [0.1, 0.15) is 19.4 Å². The van der Waals surface area contributed by atoms with Crippen molar-refractivity contribution in [2.45, 2.75) is 26.4 Å². The third kappa shape index (κ3) is 5.34. The molecule has 1 aromatic heterocycles. The molecule has 5 nitrogen and oxygen atoms in total. The van der Waals surface area contributed by atoms with Crippen molar-refractivity contribution < 1.29 is 23.1 Å². The molecular formula is C14H15BrF3N3O2. The summed E-state index contributed by atoms with van der Waals surface area (Å²) >= 11 is 3.14. The third-order valence-electron chi connectivity index (χ3n) is 3.03. The number of nitrogens with two attached hydrogens (primary N) is 1. The van der Waals surface area contributed by atoms with E-state index in [1.165, 1.54) is 6.20 Å². The number of nitrogens with zero attached hydrogens (tertiary/aromatic N) is 2. The summed E-state index contributed by atoms with van der Waals surface area (Å²) in [6.45, 7) is 1.59. The first-order valence-electron chi connectivity index (χ1n) is 6.39. The summed E-state index contributed by atoms with van der Waals surface area (Å²) in [5.41, 5.74) is 3.47. The zero-order chi connectivity index (χ0) is 17.8. The van der Waals surface area contributed by atoms with Crippen molar-refractivity contribution in [3.63, 3.8) is 0 Å². The van der Waals surface area contributed by atoms with E-state index in [4.69, 9.17) is 5.73 Å². The van der Waals surface area contributed by atoms with Crippen molar-refractivity contribution >= 4 is 27.7 Å². The molecule has 0 saturated carbocycles. The molecule has 0 aliphatic rings. The van der Waals surface area contributed by atoms with Gasteiger partial charge in [-0.3, -0.25) is 4.79 Å². The number of aliphatic hydroxyl groups excluding tert-OH is 1. The summed E-state index contributed by atoms with van der Waals surface area (Å²) in [6.07, 6.45) is -2.70. The second kappa shape index (κ2) is 7.12. The lowest BCUT2D eigenvalue weighted by Gasteiger charge is -2.26. The van der Waals surface area contributed by atoms with Gasteiger partial charge in [0.25, 0.3) is 5.91 Å². The lowest BCUT2D eigenvalue weighted by Crippen LogP contribution is -2.34. The number of aliphatic imine (C=N–C) groups is 1. The minimum atomic E-state index is -4.67. The number of aromatic nitrogens is 1. The summed E-state index contributed by atoms with van der Waals surface area (Å²) < 4.78 is 38.9. The number of rotatable bonds is 4. The molecule has 1 aromatic rings. The van der Waals surface area contributed by atoms with Crippen molar-refractivity contribution in [2.24, 2.45) is 16.1 Å². The van der Waals surface area contributed by atoms with E-state index < -0.39 is 29.1 Å². The van der Waals surface area contributed by atoms with Crippen LogP contribution < -0.4 is 5.73 Å². The van der Waals surface area contributed by atoms with Gasteiger partial charge in [-0.15, -0.1) is 0 Å². The fourth-order valence-corrected chi connectivity index (χ4v) is 1.60. The van der Waals surface area contributed by atoms with E-state index in [0.29, 0.717) is 16.2 Å².